The van der Waals surface area contributed by atoms with Gasteiger partial charge in [0.1, 0.15) is 0 Å². The van der Waals surface area contributed by atoms with E-state index in [0.29, 0.717) is 6.10 Å². The molecule has 1 nitrogen and oxygen atoms in total. The van der Waals surface area contributed by atoms with Crippen molar-refractivity contribution in [3.63, 3.8) is 0 Å². The molecule has 0 saturated heterocycles. The minimum Gasteiger partial charge on any atom is -0.378 e. The standard InChI is InChI=1S/C12H16O/c1-2-5-11(6-3-1)9-10-13-12-7-4-8-12/h1-3,5-6,12H,4,7-10H2. The van der Waals surface area contributed by atoms with Crippen LogP contribution in [0.2, 0.25) is 0 Å². The Bertz CT molecular complexity index is 239. The van der Waals surface area contributed by atoms with E-state index in [0.717, 1.165) is 13.0 Å². The topological polar surface area (TPSA) is 9.23 Å². The fourth-order valence-electron chi connectivity index (χ4n) is 1.53. The van der Waals surface area contributed by atoms with Gasteiger partial charge in [-0.3, -0.25) is 0 Å². The van der Waals surface area contributed by atoms with Crippen LogP contribution in [-0.2, 0) is 11.2 Å². The Balaban J connectivity index is 1.67. The van der Waals surface area contributed by atoms with E-state index in [2.05, 4.69) is 30.3 Å². The van der Waals surface area contributed by atoms with Crippen LogP contribution >= 0.6 is 0 Å². The fraction of sp³-hybridized carbons (Fsp3) is 0.500. The molecule has 70 valence electrons. The summed E-state index contributed by atoms with van der Waals surface area (Å²) in [6.07, 6.45) is 5.53. The summed E-state index contributed by atoms with van der Waals surface area (Å²) in [5.41, 5.74) is 1.38. The van der Waals surface area contributed by atoms with Crippen LogP contribution in [0.1, 0.15) is 24.8 Å². The molecular weight excluding hydrogens is 160 g/mol. The average molecular weight is 176 g/mol. The quantitative estimate of drug-likeness (QED) is 0.685. The molecule has 2 rings (SSSR count). The van der Waals surface area contributed by atoms with Crippen LogP contribution in [0, 0.1) is 0 Å². The maximum Gasteiger partial charge on any atom is 0.0575 e. The maximum absolute atomic E-state index is 5.68. The van der Waals surface area contributed by atoms with E-state index in [1.54, 1.807) is 0 Å². The van der Waals surface area contributed by atoms with Crippen molar-refractivity contribution in [3.05, 3.63) is 35.9 Å². The summed E-state index contributed by atoms with van der Waals surface area (Å²) in [7, 11) is 0. The first kappa shape index (κ1) is 8.76. The van der Waals surface area contributed by atoms with E-state index in [9.17, 15) is 0 Å². The van der Waals surface area contributed by atoms with Crippen molar-refractivity contribution < 1.29 is 4.74 Å². The van der Waals surface area contributed by atoms with Crippen LogP contribution in [0.5, 0.6) is 0 Å². The Morgan fingerprint density at radius 1 is 1.15 bits per heavy atom. The summed E-state index contributed by atoms with van der Waals surface area (Å²) in [5.74, 6) is 0. The highest BCUT2D eigenvalue weighted by atomic mass is 16.5. The zero-order valence-electron chi connectivity index (χ0n) is 7.91. The summed E-state index contributed by atoms with van der Waals surface area (Å²) in [5, 5.41) is 0. The van der Waals surface area contributed by atoms with Crippen molar-refractivity contribution in [1.29, 1.82) is 0 Å². The summed E-state index contributed by atoms with van der Waals surface area (Å²) in [6, 6.07) is 10.5. The predicted molar refractivity (Wildman–Crippen MR) is 53.7 cm³/mol. The van der Waals surface area contributed by atoms with Crippen LogP contribution in [0.3, 0.4) is 0 Å². The van der Waals surface area contributed by atoms with Crippen molar-refractivity contribution in [3.8, 4) is 0 Å². The highest BCUT2D eigenvalue weighted by molar-refractivity contribution is 5.14. The van der Waals surface area contributed by atoms with Crippen molar-refractivity contribution in [2.45, 2.75) is 31.8 Å². The largest absolute Gasteiger partial charge is 0.378 e. The highest BCUT2D eigenvalue weighted by Gasteiger charge is 2.16. The van der Waals surface area contributed by atoms with Crippen LogP contribution in [-0.4, -0.2) is 12.7 Å². The second-order valence-corrected chi connectivity index (χ2v) is 3.66. The minimum atomic E-state index is 0.573. The van der Waals surface area contributed by atoms with Crippen molar-refractivity contribution in [1.82, 2.24) is 0 Å². The Hall–Kier alpha value is -0.820. The molecule has 1 aliphatic carbocycles. The first-order chi connectivity index (χ1) is 6.45. The van der Waals surface area contributed by atoms with Crippen LogP contribution in [0.25, 0.3) is 0 Å². The molecule has 13 heavy (non-hydrogen) atoms. The zero-order chi connectivity index (χ0) is 8.93. The Morgan fingerprint density at radius 2 is 1.92 bits per heavy atom. The molecule has 0 radical (unpaired) electrons. The van der Waals surface area contributed by atoms with E-state index in [1.165, 1.54) is 24.8 Å². The molecule has 1 fully saturated rings. The van der Waals surface area contributed by atoms with Gasteiger partial charge in [0.25, 0.3) is 0 Å². The number of benzene rings is 1. The molecule has 0 heterocycles. The van der Waals surface area contributed by atoms with Gasteiger partial charge in [-0.2, -0.15) is 0 Å². The average Bonchev–Trinajstić information content (AvgIpc) is 2.11. The lowest BCUT2D eigenvalue weighted by molar-refractivity contribution is 0.00413. The van der Waals surface area contributed by atoms with Gasteiger partial charge in [0.2, 0.25) is 0 Å². The van der Waals surface area contributed by atoms with Crippen LogP contribution in [0.15, 0.2) is 30.3 Å². The molecular formula is C12H16O. The minimum absolute atomic E-state index is 0.573. The monoisotopic (exact) mass is 176 g/mol. The molecule has 1 heteroatoms. The normalized spacial score (nSPS) is 16.9. The zero-order valence-corrected chi connectivity index (χ0v) is 7.91. The third-order valence-corrected chi connectivity index (χ3v) is 2.64. The van der Waals surface area contributed by atoms with Crippen molar-refractivity contribution in [2.24, 2.45) is 0 Å². The van der Waals surface area contributed by atoms with E-state index in [1.807, 2.05) is 0 Å². The van der Waals surface area contributed by atoms with Gasteiger partial charge in [-0.1, -0.05) is 30.3 Å². The lowest BCUT2D eigenvalue weighted by atomic mass is 9.96. The molecule has 1 aromatic rings. The third-order valence-electron chi connectivity index (χ3n) is 2.64. The molecule has 0 spiro atoms. The van der Waals surface area contributed by atoms with Gasteiger partial charge < -0.3 is 4.74 Å². The van der Waals surface area contributed by atoms with Crippen molar-refractivity contribution in [2.75, 3.05) is 6.61 Å². The van der Waals surface area contributed by atoms with Crippen molar-refractivity contribution >= 4 is 0 Å². The lowest BCUT2D eigenvalue weighted by Crippen LogP contribution is -2.22. The maximum atomic E-state index is 5.68. The summed E-state index contributed by atoms with van der Waals surface area (Å²) in [6.45, 7) is 0.884. The van der Waals surface area contributed by atoms with Gasteiger partial charge >= 0.3 is 0 Å². The number of hydrogen-bond donors (Lipinski definition) is 0. The Labute approximate surface area is 79.7 Å². The van der Waals surface area contributed by atoms with E-state index < -0.39 is 0 Å². The smallest absolute Gasteiger partial charge is 0.0575 e. The van der Waals surface area contributed by atoms with Crippen LogP contribution in [0.4, 0.5) is 0 Å². The fourth-order valence-corrected chi connectivity index (χ4v) is 1.53. The first-order valence-electron chi connectivity index (χ1n) is 5.11. The summed E-state index contributed by atoms with van der Waals surface area (Å²) in [4.78, 5) is 0. The van der Waals surface area contributed by atoms with E-state index in [-0.39, 0.29) is 0 Å². The molecule has 0 bridgehead atoms. The lowest BCUT2D eigenvalue weighted by Gasteiger charge is -2.25. The Morgan fingerprint density at radius 3 is 2.54 bits per heavy atom. The molecule has 0 aliphatic heterocycles. The SMILES string of the molecule is c1ccc(CCOC2CCC2)cc1. The number of rotatable bonds is 4. The molecule has 0 aromatic heterocycles. The first-order valence-corrected chi connectivity index (χ1v) is 5.11. The molecule has 0 amide bonds. The van der Waals surface area contributed by atoms with Gasteiger partial charge in [-0.05, 0) is 31.2 Å². The summed E-state index contributed by atoms with van der Waals surface area (Å²) >= 11 is 0. The molecule has 0 atom stereocenters. The van der Waals surface area contributed by atoms with Gasteiger partial charge in [0.15, 0.2) is 0 Å². The Kier molecular flexibility index (Phi) is 2.98. The summed E-state index contributed by atoms with van der Waals surface area (Å²) < 4.78 is 5.68. The molecule has 1 saturated carbocycles. The van der Waals surface area contributed by atoms with Gasteiger partial charge in [-0.25, -0.2) is 0 Å². The molecule has 1 aromatic carbocycles. The predicted octanol–water partition coefficient (Wildman–Crippen LogP) is 2.80. The van der Waals surface area contributed by atoms with E-state index >= 15 is 0 Å². The molecule has 0 unspecified atom stereocenters. The van der Waals surface area contributed by atoms with Gasteiger partial charge in [0.05, 0.1) is 12.7 Å². The van der Waals surface area contributed by atoms with Gasteiger partial charge in [-0.15, -0.1) is 0 Å². The van der Waals surface area contributed by atoms with Gasteiger partial charge in [0, 0.05) is 0 Å². The highest BCUT2D eigenvalue weighted by Crippen LogP contribution is 2.21. The molecule has 1 aliphatic rings. The molecule has 0 N–H and O–H groups in total. The van der Waals surface area contributed by atoms with E-state index in [4.69, 9.17) is 4.74 Å². The second kappa shape index (κ2) is 4.43. The number of ether oxygens (including phenoxy) is 1. The number of hydrogen-bond acceptors (Lipinski definition) is 1. The second-order valence-electron chi connectivity index (χ2n) is 3.66. The van der Waals surface area contributed by atoms with Crippen LogP contribution < -0.4 is 0 Å². The third kappa shape index (κ3) is 2.56.